The van der Waals surface area contributed by atoms with Crippen LogP contribution in [0.15, 0.2) is 30.3 Å². The molecule has 0 unspecified atom stereocenters. The van der Waals surface area contributed by atoms with Crippen molar-refractivity contribution in [3.8, 4) is 0 Å². The summed E-state index contributed by atoms with van der Waals surface area (Å²) in [5, 5.41) is 8.96. The van der Waals surface area contributed by atoms with E-state index in [9.17, 15) is 4.79 Å². The Balaban J connectivity index is 1.68. The summed E-state index contributed by atoms with van der Waals surface area (Å²) in [6, 6.07) is 9.85. The molecule has 144 valence electrons. The lowest BCUT2D eigenvalue weighted by Gasteiger charge is -2.35. The molecule has 2 aliphatic heterocycles. The number of aromatic nitrogens is 3. The van der Waals surface area contributed by atoms with Crippen molar-refractivity contribution in [3.63, 3.8) is 0 Å². The number of fused-ring (bicyclic) bond motifs is 1. The minimum absolute atomic E-state index is 0.122. The first-order chi connectivity index (χ1) is 13.3. The molecule has 0 saturated carbocycles. The molecule has 0 spiro atoms. The van der Waals surface area contributed by atoms with Crippen LogP contribution in [0.5, 0.6) is 0 Å². The maximum atomic E-state index is 13.3. The summed E-state index contributed by atoms with van der Waals surface area (Å²) in [6.45, 7) is 3.06. The topological polar surface area (TPSA) is 69.5 Å². The second-order valence-electron chi connectivity index (χ2n) is 7.19. The summed E-state index contributed by atoms with van der Waals surface area (Å²) < 4.78 is 12.8. The molecule has 4 rings (SSSR count). The van der Waals surface area contributed by atoms with Gasteiger partial charge in [0.25, 0.3) is 0 Å². The summed E-state index contributed by atoms with van der Waals surface area (Å²) in [6.07, 6.45) is 2.50. The largest absolute Gasteiger partial charge is 0.383 e. The number of benzene rings is 1. The van der Waals surface area contributed by atoms with Crippen LogP contribution in [0.2, 0.25) is 0 Å². The summed E-state index contributed by atoms with van der Waals surface area (Å²) in [4.78, 5) is 15.1. The van der Waals surface area contributed by atoms with Gasteiger partial charge in [0.05, 0.1) is 13.2 Å². The first-order valence-electron chi connectivity index (χ1n) is 9.61. The second kappa shape index (κ2) is 8.19. The van der Waals surface area contributed by atoms with Gasteiger partial charge in [-0.05, 0) is 18.4 Å². The van der Waals surface area contributed by atoms with E-state index in [2.05, 4.69) is 26.9 Å². The van der Waals surface area contributed by atoms with Crippen LogP contribution in [0, 0.1) is 0 Å². The van der Waals surface area contributed by atoms with Gasteiger partial charge in [-0.1, -0.05) is 30.3 Å². The highest BCUT2D eigenvalue weighted by atomic mass is 16.5. The fraction of sp³-hybridized carbons (Fsp3) is 0.550. The van der Waals surface area contributed by atoms with Crippen LogP contribution in [-0.4, -0.2) is 59.0 Å². The van der Waals surface area contributed by atoms with Gasteiger partial charge in [-0.25, -0.2) is 0 Å². The van der Waals surface area contributed by atoms with Crippen molar-refractivity contribution in [1.82, 2.24) is 19.7 Å². The van der Waals surface area contributed by atoms with Crippen molar-refractivity contribution in [2.24, 2.45) is 0 Å². The summed E-state index contributed by atoms with van der Waals surface area (Å²) >= 11 is 0. The predicted molar refractivity (Wildman–Crippen MR) is 99.3 cm³/mol. The minimum atomic E-state index is -0.305. The summed E-state index contributed by atoms with van der Waals surface area (Å²) in [7, 11) is 1.65. The fourth-order valence-electron chi connectivity index (χ4n) is 4.00. The number of hydrogen-bond donors (Lipinski definition) is 0. The lowest BCUT2D eigenvalue weighted by molar-refractivity contribution is -0.138. The van der Waals surface area contributed by atoms with Crippen molar-refractivity contribution in [1.29, 1.82) is 0 Å². The number of hydrogen-bond acceptors (Lipinski definition) is 5. The molecule has 1 aromatic heterocycles. The van der Waals surface area contributed by atoms with E-state index in [-0.39, 0.29) is 11.9 Å². The quantitative estimate of drug-likeness (QED) is 0.777. The highest BCUT2D eigenvalue weighted by Gasteiger charge is 2.37. The third-order valence-corrected chi connectivity index (χ3v) is 5.46. The number of carbonyl (C=O) groups excluding carboxylic acids is 1. The van der Waals surface area contributed by atoms with Gasteiger partial charge in [0.2, 0.25) is 5.91 Å². The van der Waals surface area contributed by atoms with E-state index >= 15 is 0 Å². The van der Waals surface area contributed by atoms with Crippen molar-refractivity contribution in [2.45, 2.75) is 37.8 Å². The predicted octanol–water partition coefficient (Wildman–Crippen LogP) is 1.94. The van der Waals surface area contributed by atoms with Crippen molar-refractivity contribution in [3.05, 3.63) is 47.5 Å². The zero-order valence-corrected chi connectivity index (χ0v) is 15.7. The van der Waals surface area contributed by atoms with Gasteiger partial charge in [-0.15, -0.1) is 10.2 Å². The van der Waals surface area contributed by atoms with Crippen LogP contribution in [0.4, 0.5) is 0 Å². The van der Waals surface area contributed by atoms with E-state index < -0.39 is 0 Å². The van der Waals surface area contributed by atoms with Crippen molar-refractivity contribution in [2.75, 3.05) is 33.5 Å². The molecule has 1 amide bonds. The maximum absolute atomic E-state index is 13.3. The monoisotopic (exact) mass is 370 g/mol. The molecule has 1 saturated heterocycles. The third-order valence-electron chi connectivity index (χ3n) is 5.46. The van der Waals surface area contributed by atoms with Gasteiger partial charge in [0, 0.05) is 39.2 Å². The molecule has 0 N–H and O–H groups in total. The van der Waals surface area contributed by atoms with Crippen LogP contribution in [0.25, 0.3) is 0 Å². The number of rotatable bonds is 6. The summed E-state index contributed by atoms with van der Waals surface area (Å²) in [5.41, 5.74) is 1.14. The van der Waals surface area contributed by atoms with Gasteiger partial charge in [0.15, 0.2) is 5.82 Å². The smallest absolute Gasteiger partial charge is 0.246 e. The van der Waals surface area contributed by atoms with Crippen LogP contribution in [0.3, 0.4) is 0 Å². The van der Waals surface area contributed by atoms with Crippen LogP contribution in [0.1, 0.15) is 42.0 Å². The van der Waals surface area contributed by atoms with Gasteiger partial charge < -0.3 is 18.9 Å². The van der Waals surface area contributed by atoms with E-state index in [1.165, 1.54) is 0 Å². The van der Waals surface area contributed by atoms with E-state index in [4.69, 9.17) is 9.47 Å². The number of amides is 1. The number of ether oxygens (including phenoxy) is 2. The Morgan fingerprint density at radius 1 is 1.19 bits per heavy atom. The van der Waals surface area contributed by atoms with Crippen LogP contribution < -0.4 is 0 Å². The normalized spacial score (nSPS) is 20.7. The number of carbonyl (C=O) groups is 1. The average Bonchev–Trinajstić information content (AvgIpc) is 3.14. The molecular formula is C20H26N4O3. The Hall–Kier alpha value is -2.25. The third kappa shape index (κ3) is 3.75. The zero-order chi connectivity index (χ0) is 18.6. The van der Waals surface area contributed by atoms with Crippen molar-refractivity contribution >= 4 is 5.91 Å². The van der Waals surface area contributed by atoms with Gasteiger partial charge in [-0.2, -0.15) is 0 Å². The number of methoxy groups -OCH3 is 1. The molecule has 1 atom stereocenters. The van der Waals surface area contributed by atoms with Crippen molar-refractivity contribution < 1.29 is 14.3 Å². The first-order valence-corrected chi connectivity index (χ1v) is 9.61. The SMILES string of the molecule is COCCN1Cc2nnc(C3CCOCC3)n2[C@H](Cc2ccccc2)C1=O. The molecular weight excluding hydrogens is 344 g/mol. The minimum Gasteiger partial charge on any atom is -0.383 e. The lowest BCUT2D eigenvalue weighted by Crippen LogP contribution is -2.45. The standard InChI is InChI=1S/C20H26N4O3/c1-26-12-9-23-14-18-21-22-19(16-7-10-27-11-8-16)24(18)17(20(23)25)13-15-5-3-2-4-6-15/h2-6,16-17H,7-14H2,1H3/t17-/m1/s1. The highest BCUT2D eigenvalue weighted by molar-refractivity contribution is 5.82. The van der Waals surface area contributed by atoms with E-state index in [1.807, 2.05) is 23.1 Å². The number of nitrogens with zero attached hydrogens (tertiary/aromatic N) is 4. The second-order valence-corrected chi connectivity index (χ2v) is 7.19. The van der Waals surface area contributed by atoms with Gasteiger partial charge >= 0.3 is 0 Å². The Morgan fingerprint density at radius 3 is 2.70 bits per heavy atom. The molecule has 1 fully saturated rings. The molecule has 27 heavy (non-hydrogen) atoms. The van der Waals surface area contributed by atoms with Gasteiger partial charge in [-0.3, -0.25) is 4.79 Å². The Morgan fingerprint density at radius 2 is 1.96 bits per heavy atom. The van der Waals surface area contributed by atoms with E-state index in [0.29, 0.717) is 32.0 Å². The van der Waals surface area contributed by atoms with E-state index in [1.54, 1.807) is 7.11 Å². The Kier molecular flexibility index (Phi) is 5.50. The molecule has 1 aromatic carbocycles. The molecule has 2 aliphatic rings. The lowest BCUT2D eigenvalue weighted by atomic mass is 9.97. The first kappa shape index (κ1) is 18.1. The van der Waals surface area contributed by atoms with E-state index in [0.717, 1.165) is 43.3 Å². The Labute approximate surface area is 159 Å². The molecule has 3 heterocycles. The molecule has 7 heteroatoms. The molecule has 0 radical (unpaired) electrons. The van der Waals surface area contributed by atoms with Crippen LogP contribution >= 0.6 is 0 Å². The Bertz CT molecular complexity index is 771. The molecule has 7 nitrogen and oxygen atoms in total. The summed E-state index contributed by atoms with van der Waals surface area (Å²) in [5.74, 6) is 2.23. The molecule has 0 aliphatic carbocycles. The maximum Gasteiger partial charge on any atom is 0.246 e. The average molecular weight is 370 g/mol. The van der Waals surface area contributed by atoms with Crippen LogP contribution in [-0.2, 0) is 27.2 Å². The fourth-order valence-corrected chi connectivity index (χ4v) is 4.00. The molecule has 0 bridgehead atoms. The van der Waals surface area contributed by atoms with Gasteiger partial charge in [0.1, 0.15) is 11.9 Å². The highest BCUT2D eigenvalue weighted by Crippen LogP contribution is 2.33. The zero-order valence-electron chi connectivity index (χ0n) is 15.7. The molecule has 2 aromatic rings.